The molecule has 1 aliphatic rings. The summed E-state index contributed by atoms with van der Waals surface area (Å²) < 4.78 is 6.99. The smallest absolute Gasteiger partial charge is 0.259 e. The van der Waals surface area contributed by atoms with Gasteiger partial charge >= 0.3 is 0 Å². The van der Waals surface area contributed by atoms with Gasteiger partial charge in [0.25, 0.3) is 11.9 Å². The van der Waals surface area contributed by atoms with E-state index in [0.717, 1.165) is 58.4 Å². The minimum Gasteiger partial charge on any atom is -0.497 e. The number of pyridine rings is 1. The van der Waals surface area contributed by atoms with Crippen LogP contribution in [0.4, 0.5) is 5.95 Å². The monoisotopic (exact) mass is 475 g/mol. The Morgan fingerprint density at radius 1 is 1.15 bits per heavy atom. The zero-order valence-corrected chi connectivity index (χ0v) is 19.2. The fourth-order valence-electron chi connectivity index (χ4n) is 4.35. The summed E-state index contributed by atoms with van der Waals surface area (Å²) in [5.41, 5.74) is 5.23. The largest absolute Gasteiger partial charge is 0.497 e. The maximum atomic E-state index is 13.4. The number of carbonyl (C=O) groups is 1. The van der Waals surface area contributed by atoms with Gasteiger partial charge in [0, 0.05) is 27.0 Å². The molecule has 0 saturated carbocycles. The lowest BCUT2D eigenvalue weighted by atomic mass is 10.0. The molecule has 1 aliphatic carbocycles. The maximum Gasteiger partial charge on any atom is 0.259 e. The number of carbonyl (C=O) groups excluding carboxylic acids is 1. The molecule has 0 unspecified atom stereocenters. The summed E-state index contributed by atoms with van der Waals surface area (Å²) in [4.78, 5) is 23.4. The van der Waals surface area contributed by atoms with Crippen LogP contribution in [0.5, 0.6) is 5.75 Å². The van der Waals surface area contributed by atoms with Gasteiger partial charge in [-0.2, -0.15) is 4.98 Å². The van der Waals surface area contributed by atoms with Crippen LogP contribution < -0.4 is 10.1 Å². The zero-order valence-electron chi connectivity index (χ0n) is 17.6. The molecule has 0 radical (unpaired) electrons. The van der Waals surface area contributed by atoms with Gasteiger partial charge in [0.2, 0.25) is 4.96 Å². The van der Waals surface area contributed by atoms with E-state index < -0.39 is 0 Å². The summed E-state index contributed by atoms with van der Waals surface area (Å²) in [5, 5.41) is 10.8. The number of thiazole rings is 1. The van der Waals surface area contributed by atoms with E-state index in [1.54, 1.807) is 23.8 Å². The van der Waals surface area contributed by atoms with Gasteiger partial charge in [0.15, 0.2) is 0 Å². The summed E-state index contributed by atoms with van der Waals surface area (Å²) in [7, 11) is 1.64. The second kappa shape index (κ2) is 7.83. The normalized spacial score (nSPS) is 12.9. The third-order valence-electron chi connectivity index (χ3n) is 5.89. The Bertz CT molecular complexity index is 1540. The maximum absolute atomic E-state index is 13.4. The van der Waals surface area contributed by atoms with E-state index in [4.69, 9.17) is 21.3 Å². The predicted molar refractivity (Wildman–Crippen MR) is 130 cm³/mol. The molecule has 164 valence electrons. The number of rotatable bonds is 4. The van der Waals surface area contributed by atoms with Gasteiger partial charge in [-0.1, -0.05) is 11.6 Å². The molecule has 0 atom stereocenters. The highest BCUT2D eigenvalue weighted by Crippen LogP contribution is 2.32. The Balaban J connectivity index is 1.38. The molecular weight excluding hydrogens is 458 g/mol. The van der Waals surface area contributed by atoms with Gasteiger partial charge in [0.1, 0.15) is 5.75 Å². The van der Waals surface area contributed by atoms with Gasteiger partial charge in [-0.3, -0.25) is 15.1 Å². The average Bonchev–Trinajstić information content (AvgIpc) is 3.53. The number of ether oxygens (including phenoxy) is 1. The molecule has 1 N–H and O–H groups in total. The van der Waals surface area contributed by atoms with Gasteiger partial charge in [-0.25, -0.2) is 4.52 Å². The van der Waals surface area contributed by atoms with E-state index in [9.17, 15) is 4.79 Å². The fourth-order valence-corrected chi connectivity index (χ4v) is 5.36. The standard InChI is InChI=1S/C24H18ClN5O2S/c1-32-15-8-5-13(6-9-15)20-12-33-24-28-23(29-30(20)24)27-22(31)21-16-3-2-4-18(16)26-19-10-7-14(25)11-17(19)21/h5-12H,2-4H2,1H3,(H,27,29,31). The van der Waals surface area contributed by atoms with Crippen LogP contribution in [0, 0.1) is 0 Å². The first-order valence-corrected chi connectivity index (χ1v) is 11.8. The third kappa shape index (κ3) is 3.42. The first kappa shape index (κ1) is 20.1. The van der Waals surface area contributed by atoms with E-state index in [1.807, 2.05) is 35.7 Å². The topological polar surface area (TPSA) is 81.4 Å². The summed E-state index contributed by atoms with van der Waals surface area (Å²) >= 11 is 7.71. The Labute approximate surface area is 198 Å². The summed E-state index contributed by atoms with van der Waals surface area (Å²) in [6.07, 6.45) is 2.68. The van der Waals surface area contributed by atoms with Crippen LogP contribution in [0.25, 0.3) is 27.1 Å². The number of hydrogen-bond donors (Lipinski definition) is 1. The molecule has 0 spiro atoms. The molecule has 0 bridgehead atoms. The Hall–Kier alpha value is -3.49. The van der Waals surface area contributed by atoms with Crippen LogP contribution in [-0.2, 0) is 12.8 Å². The lowest BCUT2D eigenvalue weighted by Crippen LogP contribution is -2.16. The molecule has 1 amide bonds. The molecule has 3 aromatic heterocycles. The van der Waals surface area contributed by atoms with Crippen LogP contribution in [0.2, 0.25) is 5.02 Å². The number of aromatic nitrogens is 4. The Morgan fingerprint density at radius 3 is 2.82 bits per heavy atom. The van der Waals surface area contributed by atoms with Crippen LogP contribution >= 0.6 is 22.9 Å². The molecule has 33 heavy (non-hydrogen) atoms. The molecule has 3 heterocycles. The lowest BCUT2D eigenvalue weighted by molar-refractivity contribution is 0.102. The van der Waals surface area contributed by atoms with Crippen molar-refractivity contribution < 1.29 is 9.53 Å². The Kier molecular flexibility index (Phi) is 4.78. The van der Waals surface area contributed by atoms with Crippen LogP contribution in [0.15, 0.2) is 47.8 Å². The van der Waals surface area contributed by atoms with Crippen molar-refractivity contribution in [2.45, 2.75) is 19.3 Å². The molecule has 0 saturated heterocycles. The number of anilines is 1. The minimum absolute atomic E-state index is 0.243. The van der Waals surface area contributed by atoms with Crippen LogP contribution in [0.1, 0.15) is 28.0 Å². The van der Waals surface area contributed by atoms with Crippen molar-refractivity contribution in [1.29, 1.82) is 0 Å². The van der Waals surface area contributed by atoms with Crippen molar-refractivity contribution >= 4 is 50.7 Å². The second-order valence-electron chi connectivity index (χ2n) is 7.86. The summed E-state index contributed by atoms with van der Waals surface area (Å²) in [6, 6.07) is 13.2. The third-order valence-corrected chi connectivity index (χ3v) is 6.94. The lowest BCUT2D eigenvalue weighted by Gasteiger charge is -2.12. The molecule has 5 aromatic rings. The molecule has 2 aromatic carbocycles. The van der Waals surface area contributed by atoms with E-state index in [2.05, 4.69) is 15.4 Å². The number of methoxy groups -OCH3 is 1. The second-order valence-corrected chi connectivity index (χ2v) is 9.13. The number of benzene rings is 2. The van der Waals surface area contributed by atoms with Crippen molar-refractivity contribution in [3.8, 4) is 17.0 Å². The van der Waals surface area contributed by atoms with Crippen LogP contribution in [0.3, 0.4) is 0 Å². The first-order chi connectivity index (χ1) is 16.1. The highest BCUT2D eigenvalue weighted by atomic mass is 35.5. The average molecular weight is 476 g/mol. The summed E-state index contributed by atoms with van der Waals surface area (Å²) in [5.74, 6) is 0.807. The number of hydrogen-bond acceptors (Lipinski definition) is 6. The molecule has 7 nitrogen and oxygen atoms in total. The molecule has 0 fully saturated rings. The molecule has 9 heteroatoms. The van der Waals surface area contributed by atoms with Crippen molar-refractivity contribution in [3.63, 3.8) is 0 Å². The highest BCUT2D eigenvalue weighted by Gasteiger charge is 2.25. The first-order valence-electron chi connectivity index (χ1n) is 10.5. The molecule has 0 aliphatic heterocycles. The number of halogens is 1. The molecule has 6 rings (SSSR count). The van der Waals surface area contributed by atoms with Crippen molar-refractivity contribution in [3.05, 3.63) is 69.7 Å². The number of nitrogens with one attached hydrogen (secondary N) is 1. The van der Waals surface area contributed by atoms with Gasteiger partial charge in [-0.15, -0.1) is 16.4 Å². The van der Waals surface area contributed by atoms with E-state index >= 15 is 0 Å². The number of amides is 1. The van der Waals surface area contributed by atoms with Crippen molar-refractivity contribution in [1.82, 2.24) is 19.6 Å². The predicted octanol–water partition coefficient (Wildman–Crippen LogP) is 5.41. The Morgan fingerprint density at radius 2 is 2.00 bits per heavy atom. The van der Waals surface area contributed by atoms with E-state index in [-0.39, 0.29) is 11.9 Å². The quantitative estimate of drug-likeness (QED) is 0.376. The van der Waals surface area contributed by atoms with Gasteiger partial charge in [0.05, 0.1) is 23.9 Å². The van der Waals surface area contributed by atoms with Crippen LogP contribution in [-0.4, -0.2) is 32.6 Å². The van der Waals surface area contributed by atoms with Gasteiger partial charge < -0.3 is 4.74 Å². The fraction of sp³-hybridized carbons (Fsp3) is 0.167. The van der Waals surface area contributed by atoms with Gasteiger partial charge in [-0.05, 0) is 67.3 Å². The number of fused-ring (bicyclic) bond motifs is 3. The minimum atomic E-state index is -0.243. The van der Waals surface area contributed by atoms with Crippen molar-refractivity contribution in [2.75, 3.05) is 12.4 Å². The number of aryl methyl sites for hydroxylation is 1. The molecular formula is C24H18ClN5O2S. The highest BCUT2D eigenvalue weighted by molar-refractivity contribution is 7.15. The SMILES string of the molecule is COc1ccc(-c2csc3nc(NC(=O)c4c5c(nc6ccc(Cl)cc46)CCC5)nn23)cc1. The summed E-state index contributed by atoms with van der Waals surface area (Å²) in [6.45, 7) is 0. The zero-order chi connectivity index (χ0) is 22.5. The van der Waals surface area contributed by atoms with E-state index in [1.165, 1.54) is 11.3 Å². The van der Waals surface area contributed by atoms with E-state index in [0.29, 0.717) is 15.5 Å². The number of nitrogens with zero attached hydrogens (tertiary/aromatic N) is 4. The van der Waals surface area contributed by atoms with Crippen molar-refractivity contribution in [2.24, 2.45) is 0 Å².